The zero-order chi connectivity index (χ0) is 15.2. The van der Waals surface area contributed by atoms with Crippen LogP contribution in [0.3, 0.4) is 0 Å². The van der Waals surface area contributed by atoms with E-state index in [-0.39, 0.29) is 6.04 Å². The molecule has 1 unspecified atom stereocenters. The van der Waals surface area contributed by atoms with Gasteiger partial charge in [0.1, 0.15) is 5.75 Å². The molecule has 0 fully saturated rings. The van der Waals surface area contributed by atoms with E-state index < -0.39 is 0 Å². The van der Waals surface area contributed by atoms with Crippen LogP contribution in [0, 0.1) is 11.3 Å². The molecule has 21 heavy (non-hydrogen) atoms. The van der Waals surface area contributed by atoms with E-state index in [1.54, 1.807) is 7.11 Å². The van der Waals surface area contributed by atoms with Crippen molar-refractivity contribution in [3.05, 3.63) is 63.6 Å². The van der Waals surface area contributed by atoms with Gasteiger partial charge >= 0.3 is 0 Å². The summed E-state index contributed by atoms with van der Waals surface area (Å²) in [4.78, 5) is 0. The average Bonchev–Trinajstić information content (AvgIpc) is 2.52. The van der Waals surface area contributed by atoms with E-state index in [1.165, 1.54) is 0 Å². The number of nitrogens with one attached hydrogen (secondary N) is 1. The molecule has 0 aliphatic rings. The average molecular weight is 345 g/mol. The fourth-order valence-corrected chi connectivity index (χ4v) is 2.67. The van der Waals surface area contributed by atoms with Crippen LogP contribution < -0.4 is 10.1 Å². The van der Waals surface area contributed by atoms with E-state index in [9.17, 15) is 0 Å². The van der Waals surface area contributed by atoms with E-state index in [0.29, 0.717) is 12.1 Å². The highest BCUT2D eigenvalue weighted by Crippen LogP contribution is 2.28. The van der Waals surface area contributed by atoms with Crippen LogP contribution in [-0.4, -0.2) is 7.11 Å². The first-order valence-corrected chi connectivity index (χ1v) is 7.50. The Morgan fingerprint density at radius 3 is 2.71 bits per heavy atom. The minimum atomic E-state index is 0.180. The molecule has 0 heterocycles. The first-order valence-electron chi connectivity index (χ1n) is 6.70. The second-order valence-electron chi connectivity index (χ2n) is 4.77. The van der Waals surface area contributed by atoms with Gasteiger partial charge in [0.05, 0.1) is 23.2 Å². The maximum absolute atomic E-state index is 9.10. The molecule has 0 amide bonds. The quantitative estimate of drug-likeness (QED) is 0.884. The van der Waals surface area contributed by atoms with Crippen molar-refractivity contribution in [3.63, 3.8) is 0 Å². The predicted octanol–water partition coefficient (Wildman–Crippen LogP) is 4.18. The molecule has 0 saturated carbocycles. The summed E-state index contributed by atoms with van der Waals surface area (Å²) in [5.74, 6) is 0.820. The fourth-order valence-electron chi connectivity index (χ4n) is 2.12. The molecule has 1 atom stereocenters. The van der Waals surface area contributed by atoms with Crippen LogP contribution in [0.25, 0.3) is 0 Å². The molecular weight excluding hydrogens is 328 g/mol. The molecule has 0 saturated heterocycles. The van der Waals surface area contributed by atoms with Gasteiger partial charge in [0.25, 0.3) is 0 Å². The molecule has 2 rings (SSSR count). The Hall–Kier alpha value is -1.83. The zero-order valence-electron chi connectivity index (χ0n) is 12.1. The number of benzene rings is 2. The maximum atomic E-state index is 9.10. The Bertz CT molecular complexity index is 664. The highest BCUT2D eigenvalue weighted by Gasteiger charge is 2.09. The molecule has 3 nitrogen and oxygen atoms in total. The van der Waals surface area contributed by atoms with Crippen molar-refractivity contribution in [1.29, 1.82) is 5.26 Å². The number of hydrogen-bond acceptors (Lipinski definition) is 3. The smallest absolute Gasteiger partial charge is 0.133 e. The van der Waals surface area contributed by atoms with Crippen LogP contribution in [0.2, 0.25) is 0 Å². The molecule has 0 aliphatic carbocycles. The van der Waals surface area contributed by atoms with Crippen LogP contribution in [0.5, 0.6) is 5.75 Å². The van der Waals surface area contributed by atoms with Crippen molar-refractivity contribution < 1.29 is 4.74 Å². The lowest BCUT2D eigenvalue weighted by atomic mass is 10.1. The Morgan fingerprint density at radius 2 is 2.05 bits per heavy atom. The van der Waals surface area contributed by atoms with Crippen molar-refractivity contribution in [1.82, 2.24) is 5.32 Å². The van der Waals surface area contributed by atoms with E-state index in [1.807, 2.05) is 42.5 Å². The predicted molar refractivity (Wildman–Crippen MR) is 87.1 cm³/mol. The maximum Gasteiger partial charge on any atom is 0.133 e. The third kappa shape index (κ3) is 3.84. The second kappa shape index (κ2) is 7.26. The number of nitriles is 1. The lowest BCUT2D eigenvalue weighted by molar-refractivity contribution is 0.411. The van der Waals surface area contributed by atoms with Gasteiger partial charge in [-0.3, -0.25) is 0 Å². The van der Waals surface area contributed by atoms with E-state index >= 15 is 0 Å². The van der Waals surface area contributed by atoms with E-state index in [0.717, 1.165) is 21.3 Å². The molecule has 0 radical (unpaired) electrons. The normalized spacial score (nSPS) is 11.7. The molecular formula is C17H17BrN2O. The Morgan fingerprint density at radius 1 is 1.29 bits per heavy atom. The molecule has 0 bridgehead atoms. The highest BCUT2D eigenvalue weighted by molar-refractivity contribution is 9.10. The number of rotatable bonds is 5. The molecule has 0 spiro atoms. The Balaban J connectivity index is 2.07. The summed E-state index contributed by atoms with van der Waals surface area (Å²) in [5.41, 5.74) is 2.89. The summed E-state index contributed by atoms with van der Waals surface area (Å²) in [5, 5.41) is 12.5. The van der Waals surface area contributed by atoms with Crippen molar-refractivity contribution >= 4 is 15.9 Å². The SMILES string of the molecule is COc1ccc(C(C)NCc2ccccc2C#N)cc1Br. The van der Waals surface area contributed by atoms with Gasteiger partial charge < -0.3 is 10.1 Å². The molecule has 0 aliphatic heterocycles. The lowest BCUT2D eigenvalue weighted by Crippen LogP contribution is -2.18. The van der Waals surface area contributed by atoms with Crippen molar-refractivity contribution in [2.45, 2.75) is 19.5 Å². The molecule has 1 N–H and O–H groups in total. The third-order valence-corrected chi connectivity index (χ3v) is 4.03. The number of methoxy groups -OCH3 is 1. The van der Waals surface area contributed by atoms with Gasteiger partial charge in [-0.2, -0.15) is 5.26 Å². The van der Waals surface area contributed by atoms with Gasteiger partial charge in [0.2, 0.25) is 0 Å². The largest absolute Gasteiger partial charge is 0.496 e. The Kier molecular flexibility index (Phi) is 5.38. The number of nitrogens with zero attached hydrogens (tertiary/aromatic N) is 1. The monoisotopic (exact) mass is 344 g/mol. The van der Waals surface area contributed by atoms with E-state index in [4.69, 9.17) is 10.00 Å². The van der Waals surface area contributed by atoms with Crippen molar-refractivity contribution in [2.75, 3.05) is 7.11 Å². The molecule has 0 aromatic heterocycles. The molecule has 4 heteroatoms. The number of hydrogen-bond donors (Lipinski definition) is 1. The van der Waals surface area contributed by atoms with Crippen LogP contribution in [0.4, 0.5) is 0 Å². The minimum absolute atomic E-state index is 0.180. The van der Waals surface area contributed by atoms with Crippen molar-refractivity contribution in [2.24, 2.45) is 0 Å². The van der Waals surface area contributed by atoms with Crippen LogP contribution in [0.15, 0.2) is 46.9 Å². The first kappa shape index (κ1) is 15.6. The fraction of sp³-hybridized carbons (Fsp3) is 0.235. The van der Waals surface area contributed by atoms with Crippen LogP contribution >= 0.6 is 15.9 Å². The van der Waals surface area contributed by atoms with E-state index in [2.05, 4.69) is 34.2 Å². The molecule has 2 aromatic rings. The van der Waals surface area contributed by atoms with Crippen LogP contribution in [0.1, 0.15) is 29.7 Å². The first-order chi connectivity index (χ1) is 10.2. The highest BCUT2D eigenvalue weighted by atomic mass is 79.9. The standard InChI is InChI=1S/C17H17BrN2O/c1-12(13-7-8-17(21-2)16(18)9-13)20-11-15-6-4-3-5-14(15)10-19/h3-9,12,20H,11H2,1-2H3. The van der Waals surface area contributed by atoms with Gasteiger partial charge in [-0.25, -0.2) is 0 Å². The molecule has 2 aromatic carbocycles. The van der Waals surface area contributed by atoms with Gasteiger partial charge in [-0.15, -0.1) is 0 Å². The second-order valence-corrected chi connectivity index (χ2v) is 5.62. The van der Waals surface area contributed by atoms with Crippen molar-refractivity contribution in [3.8, 4) is 11.8 Å². The number of halogens is 1. The van der Waals surface area contributed by atoms with Gasteiger partial charge in [-0.05, 0) is 52.2 Å². The zero-order valence-corrected chi connectivity index (χ0v) is 13.6. The third-order valence-electron chi connectivity index (χ3n) is 3.41. The van der Waals surface area contributed by atoms with Crippen LogP contribution in [-0.2, 0) is 6.54 Å². The summed E-state index contributed by atoms with van der Waals surface area (Å²) in [6.45, 7) is 2.76. The van der Waals surface area contributed by atoms with Gasteiger partial charge in [0, 0.05) is 12.6 Å². The van der Waals surface area contributed by atoms with Gasteiger partial charge in [-0.1, -0.05) is 24.3 Å². The lowest BCUT2D eigenvalue weighted by Gasteiger charge is -2.16. The Labute approximate surface area is 133 Å². The topological polar surface area (TPSA) is 45.0 Å². The minimum Gasteiger partial charge on any atom is -0.496 e. The summed E-state index contributed by atoms with van der Waals surface area (Å²) in [6.07, 6.45) is 0. The summed E-state index contributed by atoms with van der Waals surface area (Å²) < 4.78 is 6.17. The van der Waals surface area contributed by atoms with Gasteiger partial charge in [0.15, 0.2) is 0 Å². The summed E-state index contributed by atoms with van der Waals surface area (Å²) >= 11 is 3.50. The summed E-state index contributed by atoms with van der Waals surface area (Å²) in [6, 6.07) is 16.1. The number of ether oxygens (including phenoxy) is 1. The molecule has 108 valence electrons. The summed E-state index contributed by atoms with van der Waals surface area (Å²) in [7, 11) is 1.65.